The molecular formula is C18H11F6N3O2S. The normalized spacial score (nSPS) is 12.8. The monoisotopic (exact) mass is 447 g/mol. The van der Waals surface area contributed by atoms with Crippen molar-refractivity contribution < 1.29 is 34.8 Å². The summed E-state index contributed by atoms with van der Waals surface area (Å²) in [6.45, 7) is 0. The quantitative estimate of drug-likeness (QED) is 0.547. The van der Waals surface area contributed by atoms with Gasteiger partial charge in [0.05, 0.1) is 17.5 Å². The molecule has 2 heterocycles. The van der Waals surface area contributed by atoms with Crippen molar-refractivity contribution in [3.63, 3.8) is 0 Å². The van der Waals surface area contributed by atoms with Crippen molar-refractivity contribution in [2.45, 2.75) is 17.2 Å². The molecule has 0 saturated carbocycles. The largest absolute Gasteiger partial charge is 0.433 e. The lowest BCUT2D eigenvalue weighted by Gasteiger charge is -2.11. The fourth-order valence-electron chi connectivity index (χ4n) is 2.50. The van der Waals surface area contributed by atoms with E-state index in [-0.39, 0.29) is 27.5 Å². The second-order valence-corrected chi connectivity index (χ2v) is 8.17. The number of sulfone groups is 1. The van der Waals surface area contributed by atoms with Gasteiger partial charge < -0.3 is 0 Å². The minimum Gasteiger partial charge on any atom is -0.251 e. The zero-order chi connectivity index (χ0) is 22.3. The Kier molecular flexibility index (Phi) is 5.31. The number of hydrogen-bond acceptors (Lipinski definition) is 5. The summed E-state index contributed by atoms with van der Waals surface area (Å²) in [5.74, 6) is -0.140. The first kappa shape index (κ1) is 21.7. The van der Waals surface area contributed by atoms with Crippen molar-refractivity contribution in [3.05, 3.63) is 60.0 Å². The molecule has 0 radical (unpaired) electrons. The van der Waals surface area contributed by atoms with Gasteiger partial charge in [-0.05, 0) is 24.3 Å². The number of rotatable bonds is 3. The van der Waals surface area contributed by atoms with Crippen LogP contribution in [-0.4, -0.2) is 29.6 Å². The molecule has 3 aromatic rings. The lowest BCUT2D eigenvalue weighted by molar-refractivity contribution is -0.141. The first-order valence-electron chi connectivity index (χ1n) is 8.05. The van der Waals surface area contributed by atoms with Crippen LogP contribution in [0.2, 0.25) is 0 Å². The van der Waals surface area contributed by atoms with E-state index in [4.69, 9.17) is 0 Å². The molecule has 0 aliphatic heterocycles. The van der Waals surface area contributed by atoms with Crippen molar-refractivity contribution in [3.8, 4) is 22.6 Å². The molecule has 0 spiro atoms. The van der Waals surface area contributed by atoms with E-state index in [1.807, 2.05) is 0 Å². The van der Waals surface area contributed by atoms with Gasteiger partial charge in [-0.1, -0.05) is 12.1 Å². The van der Waals surface area contributed by atoms with Crippen molar-refractivity contribution >= 4 is 9.84 Å². The molecule has 0 saturated heterocycles. The molecule has 3 rings (SSSR count). The Bertz CT molecular complexity index is 1170. The Balaban J connectivity index is 2.12. The predicted molar refractivity (Wildman–Crippen MR) is 93.8 cm³/mol. The number of halogens is 6. The van der Waals surface area contributed by atoms with E-state index in [1.165, 1.54) is 0 Å². The lowest BCUT2D eigenvalue weighted by Crippen LogP contribution is -2.08. The van der Waals surface area contributed by atoms with E-state index in [1.54, 1.807) is 0 Å². The third-order valence-electron chi connectivity index (χ3n) is 3.95. The first-order chi connectivity index (χ1) is 13.8. The van der Waals surface area contributed by atoms with Crippen LogP contribution in [0.3, 0.4) is 0 Å². The molecular weight excluding hydrogens is 436 g/mol. The molecule has 0 fully saturated rings. The SMILES string of the molecule is CS(=O)(=O)c1cnc(-c2ccc(C(F)(F)F)nc2)nc1-c1ccc(C(F)(F)F)cc1. The van der Waals surface area contributed by atoms with Crippen LogP contribution in [-0.2, 0) is 22.2 Å². The maximum atomic E-state index is 12.8. The van der Waals surface area contributed by atoms with Crippen LogP contribution in [0, 0.1) is 0 Å². The summed E-state index contributed by atoms with van der Waals surface area (Å²) in [5.41, 5.74) is -2.13. The molecule has 0 aliphatic rings. The topological polar surface area (TPSA) is 72.8 Å². The number of hydrogen-bond donors (Lipinski definition) is 0. The van der Waals surface area contributed by atoms with Gasteiger partial charge in [-0.25, -0.2) is 18.4 Å². The van der Waals surface area contributed by atoms with Gasteiger partial charge in [-0.2, -0.15) is 26.3 Å². The molecule has 0 N–H and O–H groups in total. The molecule has 1 aromatic carbocycles. The molecule has 5 nitrogen and oxygen atoms in total. The number of aromatic nitrogens is 3. The minimum atomic E-state index is -4.65. The van der Waals surface area contributed by atoms with E-state index in [0.29, 0.717) is 6.07 Å². The Morgan fingerprint density at radius 2 is 1.37 bits per heavy atom. The maximum Gasteiger partial charge on any atom is 0.433 e. The molecule has 0 bridgehead atoms. The van der Waals surface area contributed by atoms with E-state index in [9.17, 15) is 34.8 Å². The van der Waals surface area contributed by atoms with Crippen molar-refractivity contribution in [2.24, 2.45) is 0 Å². The Morgan fingerprint density at radius 3 is 1.83 bits per heavy atom. The highest BCUT2D eigenvalue weighted by Crippen LogP contribution is 2.33. The number of nitrogens with zero attached hydrogens (tertiary/aromatic N) is 3. The Morgan fingerprint density at radius 1 is 0.767 bits per heavy atom. The lowest BCUT2D eigenvalue weighted by atomic mass is 10.1. The molecule has 2 aromatic heterocycles. The molecule has 0 amide bonds. The third-order valence-corrected chi connectivity index (χ3v) is 5.05. The van der Waals surface area contributed by atoms with Crippen LogP contribution < -0.4 is 0 Å². The van der Waals surface area contributed by atoms with Crippen LogP contribution in [0.15, 0.2) is 53.7 Å². The van der Waals surface area contributed by atoms with Gasteiger partial charge in [0.2, 0.25) is 0 Å². The van der Waals surface area contributed by atoms with Crippen molar-refractivity contribution in [1.29, 1.82) is 0 Å². The average Bonchev–Trinajstić information content (AvgIpc) is 2.66. The molecule has 30 heavy (non-hydrogen) atoms. The maximum absolute atomic E-state index is 12.8. The van der Waals surface area contributed by atoms with Crippen LogP contribution >= 0.6 is 0 Å². The molecule has 158 valence electrons. The highest BCUT2D eigenvalue weighted by molar-refractivity contribution is 7.90. The highest BCUT2D eigenvalue weighted by atomic mass is 32.2. The standard InChI is InChI=1S/C18H11F6N3O2S/c1-30(28,29)13-9-26-16(11-4-7-14(25-8-11)18(22,23)24)27-15(13)10-2-5-12(6-3-10)17(19,20)21/h2-9H,1H3. The Hall–Kier alpha value is -3.02. The van der Waals surface area contributed by atoms with Gasteiger partial charge in [-0.15, -0.1) is 0 Å². The van der Waals surface area contributed by atoms with Crippen molar-refractivity contribution in [2.75, 3.05) is 6.26 Å². The van der Waals surface area contributed by atoms with E-state index >= 15 is 0 Å². The molecule has 0 unspecified atom stereocenters. The summed E-state index contributed by atoms with van der Waals surface area (Å²) >= 11 is 0. The second kappa shape index (κ2) is 7.35. The van der Waals surface area contributed by atoms with Crippen LogP contribution in [0.5, 0.6) is 0 Å². The first-order valence-corrected chi connectivity index (χ1v) is 9.94. The van der Waals surface area contributed by atoms with Crippen LogP contribution in [0.1, 0.15) is 11.3 Å². The summed E-state index contributed by atoms with van der Waals surface area (Å²) in [6, 6.07) is 5.40. The molecule has 0 atom stereocenters. The van der Waals surface area contributed by atoms with E-state index in [0.717, 1.165) is 49.0 Å². The van der Waals surface area contributed by atoms with Gasteiger partial charge in [0.25, 0.3) is 0 Å². The molecule has 0 aliphatic carbocycles. The fourth-order valence-corrected chi connectivity index (χ4v) is 3.26. The summed E-state index contributed by atoms with van der Waals surface area (Å²) in [6.07, 6.45) is -6.54. The minimum absolute atomic E-state index is 0.0620. The van der Waals surface area contributed by atoms with Gasteiger partial charge in [0, 0.05) is 23.6 Å². The van der Waals surface area contributed by atoms with Gasteiger partial charge in [0.15, 0.2) is 15.7 Å². The second-order valence-electron chi connectivity index (χ2n) is 6.18. The summed E-state index contributed by atoms with van der Waals surface area (Å²) in [5, 5.41) is 0. The summed E-state index contributed by atoms with van der Waals surface area (Å²) in [7, 11) is -3.86. The summed E-state index contributed by atoms with van der Waals surface area (Å²) < 4.78 is 100. The van der Waals surface area contributed by atoms with Gasteiger partial charge in [0.1, 0.15) is 10.6 Å². The zero-order valence-electron chi connectivity index (χ0n) is 15.0. The highest BCUT2D eigenvalue weighted by Gasteiger charge is 2.32. The predicted octanol–water partition coefficient (Wildman–Crippen LogP) is 4.65. The number of benzene rings is 1. The van der Waals surface area contributed by atoms with Crippen LogP contribution in [0.4, 0.5) is 26.3 Å². The average molecular weight is 447 g/mol. The van der Waals surface area contributed by atoms with Gasteiger partial charge in [-0.3, -0.25) is 4.98 Å². The smallest absolute Gasteiger partial charge is 0.251 e. The third kappa shape index (κ3) is 4.58. The van der Waals surface area contributed by atoms with E-state index < -0.39 is 33.4 Å². The number of alkyl halides is 6. The van der Waals surface area contributed by atoms with E-state index in [2.05, 4.69) is 15.0 Å². The molecule has 12 heteroatoms. The van der Waals surface area contributed by atoms with Gasteiger partial charge >= 0.3 is 12.4 Å². The number of pyridine rings is 1. The summed E-state index contributed by atoms with van der Waals surface area (Å²) in [4.78, 5) is 10.9. The van der Waals surface area contributed by atoms with Crippen LogP contribution in [0.25, 0.3) is 22.6 Å². The Labute approximate surface area is 166 Å². The zero-order valence-corrected chi connectivity index (χ0v) is 15.8. The van der Waals surface area contributed by atoms with Crippen molar-refractivity contribution in [1.82, 2.24) is 15.0 Å². The fraction of sp³-hybridized carbons (Fsp3) is 0.167.